The minimum atomic E-state index is 0.745. The van der Waals surface area contributed by atoms with E-state index in [9.17, 15) is 0 Å². The first-order chi connectivity index (χ1) is 8.88. The zero-order valence-electron chi connectivity index (χ0n) is 10.8. The number of hydrogen-bond donors (Lipinski definition) is 2. The number of hydrogen-bond acceptors (Lipinski definition) is 2. The van der Waals surface area contributed by atoms with Gasteiger partial charge in [-0.15, -0.1) is 0 Å². The molecule has 3 fully saturated rings. The van der Waals surface area contributed by atoms with Crippen molar-refractivity contribution >= 4 is 0 Å². The van der Waals surface area contributed by atoms with Gasteiger partial charge < -0.3 is 10.6 Å². The lowest BCUT2D eigenvalue weighted by Gasteiger charge is -2.30. The highest BCUT2D eigenvalue weighted by molar-refractivity contribution is 5.27. The lowest BCUT2D eigenvalue weighted by atomic mass is 9.99. The van der Waals surface area contributed by atoms with Gasteiger partial charge in [0.15, 0.2) is 0 Å². The molecule has 2 unspecified atom stereocenters. The predicted molar refractivity (Wildman–Crippen MR) is 73.7 cm³/mol. The average molecular weight is 242 g/mol. The average Bonchev–Trinajstić information content (AvgIpc) is 3.08. The third-order valence-electron chi connectivity index (χ3n) is 4.94. The van der Waals surface area contributed by atoms with E-state index in [1.807, 2.05) is 0 Å². The second-order valence-corrected chi connectivity index (χ2v) is 6.33. The molecular formula is C16H22N2. The van der Waals surface area contributed by atoms with Crippen LogP contribution in [0, 0.1) is 0 Å². The molecule has 1 aliphatic carbocycles. The first-order valence-electron chi connectivity index (χ1n) is 7.45. The molecule has 2 heterocycles. The van der Waals surface area contributed by atoms with E-state index in [2.05, 4.69) is 41.0 Å². The minimum absolute atomic E-state index is 0.745. The molecule has 2 heteroatoms. The Kier molecular flexibility index (Phi) is 2.66. The van der Waals surface area contributed by atoms with Crippen LogP contribution in [-0.2, 0) is 0 Å². The molecule has 4 atom stereocenters. The minimum Gasteiger partial charge on any atom is -0.311 e. The van der Waals surface area contributed by atoms with Crippen LogP contribution in [0.25, 0.3) is 0 Å². The molecule has 2 aliphatic heterocycles. The van der Waals surface area contributed by atoms with Crippen molar-refractivity contribution in [2.45, 2.75) is 62.2 Å². The normalized spacial score (nSPS) is 41.9. The number of rotatable bonds is 3. The van der Waals surface area contributed by atoms with E-state index >= 15 is 0 Å². The maximum absolute atomic E-state index is 3.90. The molecule has 0 radical (unpaired) electrons. The summed E-state index contributed by atoms with van der Waals surface area (Å²) >= 11 is 0. The van der Waals surface area contributed by atoms with Crippen molar-refractivity contribution in [1.29, 1.82) is 0 Å². The van der Waals surface area contributed by atoms with Gasteiger partial charge in [-0.2, -0.15) is 0 Å². The van der Waals surface area contributed by atoms with Gasteiger partial charge in [0.25, 0.3) is 0 Å². The molecule has 96 valence electrons. The van der Waals surface area contributed by atoms with Crippen LogP contribution in [0.3, 0.4) is 0 Å². The predicted octanol–water partition coefficient (Wildman–Crippen LogP) is 2.42. The van der Waals surface area contributed by atoms with Gasteiger partial charge in [0.05, 0.1) is 0 Å². The van der Waals surface area contributed by atoms with Gasteiger partial charge in [0.2, 0.25) is 0 Å². The first kappa shape index (κ1) is 11.0. The van der Waals surface area contributed by atoms with Crippen molar-refractivity contribution in [3.05, 3.63) is 35.9 Å². The Labute approximate surface area is 109 Å². The van der Waals surface area contributed by atoms with E-state index in [-0.39, 0.29) is 0 Å². The van der Waals surface area contributed by atoms with Crippen LogP contribution >= 0.6 is 0 Å². The summed E-state index contributed by atoms with van der Waals surface area (Å²) in [6.45, 7) is 0. The van der Waals surface area contributed by atoms with E-state index in [1.165, 1.54) is 37.7 Å². The monoisotopic (exact) mass is 242 g/mol. The molecule has 2 saturated heterocycles. The topological polar surface area (TPSA) is 24.1 Å². The summed E-state index contributed by atoms with van der Waals surface area (Å²) in [5.74, 6) is 0.777. The summed E-state index contributed by atoms with van der Waals surface area (Å²) in [6, 6.07) is 14.1. The summed E-state index contributed by atoms with van der Waals surface area (Å²) in [7, 11) is 0. The molecular weight excluding hydrogens is 220 g/mol. The molecule has 0 amide bonds. The van der Waals surface area contributed by atoms with Crippen molar-refractivity contribution in [3.63, 3.8) is 0 Å². The van der Waals surface area contributed by atoms with Gasteiger partial charge >= 0.3 is 0 Å². The number of fused-ring (bicyclic) bond motifs is 2. The summed E-state index contributed by atoms with van der Waals surface area (Å²) in [5, 5.41) is 7.62. The third kappa shape index (κ3) is 2.08. The van der Waals surface area contributed by atoms with Gasteiger partial charge in [-0.25, -0.2) is 0 Å². The SMILES string of the molecule is c1ccc([C@H]2C[C@@H]2NC2CC3CCC(C2)N3)cc1. The van der Waals surface area contributed by atoms with E-state index in [4.69, 9.17) is 0 Å². The van der Waals surface area contributed by atoms with Crippen LogP contribution in [-0.4, -0.2) is 24.2 Å². The highest BCUT2D eigenvalue weighted by Gasteiger charge is 2.41. The van der Waals surface area contributed by atoms with E-state index in [1.54, 1.807) is 0 Å². The lowest BCUT2D eigenvalue weighted by Crippen LogP contribution is -2.47. The molecule has 1 saturated carbocycles. The van der Waals surface area contributed by atoms with Gasteiger partial charge in [-0.05, 0) is 37.7 Å². The molecule has 1 aromatic rings. The summed E-state index contributed by atoms with van der Waals surface area (Å²) in [5.41, 5.74) is 1.52. The molecule has 18 heavy (non-hydrogen) atoms. The second-order valence-electron chi connectivity index (χ2n) is 6.33. The molecule has 3 aliphatic rings. The number of benzene rings is 1. The molecule has 4 rings (SSSR count). The van der Waals surface area contributed by atoms with Crippen molar-refractivity contribution in [1.82, 2.24) is 10.6 Å². The van der Waals surface area contributed by atoms with Gasteiger partial charge in [-0.3, -0.25) is 0 Å². The lowest BCUT2D eigenvalue weighted by molar-refractivity contribution is 0.315. The Morgan fingerprint density at radius 1 is 0.944 bits per heavy atom. The first-order valence-corrected chi connectivity index (χ1v) is 7.45. The number of nitrogens with one attached hydrogen (secondary N) is 2. The summed E-state index contributed by atoms with van der Waals surface area (Å²) in [4.78, 5) is 0. The summed E-state index contributed by atoms with van der Waals surface area (Å²) in [6.07, 6.45) is 6.82. The van der Waals surface area contributed by atoms with E-state index in [0.29, 0.717) is 0 Å². The smallest absolute Gasteiger partial charge is 0.0145 e. The van der Waals surface area contributed by atoms with Crippen LogP contribution in [0.15, 0.2) is 30.3 Å². The Morgan fingerprint density at radius 2 is 1.67 bits per heavy atom. The summed E-state index contributed by atoms with van der Waals surface area (Å²) < 4.78 is 0. The van der Waals surface area contributed by atoms with Crippen LogP contribution in [0.1, 0.15) is 43.6 Å². The zero-order chi connectivity index (χ0) is 11.9. The molecule has 0 aromatic heterocycles. The molecule has 2 bridgehead atoms. The van der Waals surface area contributed by atoms with Gasteiger partial charge in [0, 0.05) is 30.1 Å². The van der Waals surface area contributed by atoms with Crippen molar-refractivity contribution in [2.24, 2.45) is 0 Å². The second kappa shape index (κ2) is 4.36. The Morgan fingerprint density at radius 3 is 2.39 bits per heavy atom. The fraction of sp³-hybridized carbons (Fsp3) is 0.625. The Hall–Kier alpha value is -0.860. The highest BCUT2D eigenvalue weighted by Crippen LogP contribution is 2.41. The van der Waals surface area contributed by atoms with Crippen LogP contribution in [0.4, 0.5) is 0 Å². The number of piperidine rings is 1. The van der Waals surface area contributed by atoms with Crippen LogP contribution < -0.4 is 10.6 Å². The van der Waals surface area contributed by atoms with Gasteiger partial charge in [-0.1, -0.05) is 30.3 Å². The fourth-order valence-electron chi connectivity index (χ4n) is 3.94. The van der Waals surface area contributed by atoms with Crippen molar-refractivity contribution in [2.75, 3.05) is 0 Å². The van der Waals surface area contributed by atoms with Crippen LogP contribution in [0.5, 0.6) is 0 Å². The Bertz CT molecular complexity index is 404. The Balaban J connectivity index is 1.35. The maximum Gasteiger partial charge on any atom is 0.0145 e. The third-order valence-corrected chi connectivity index (χ3v) is 4.94. The molecule has 2 N–H and O–H groups in total. The standard InChI is InChI=1S/C16H22N2/c1-2-4-11(5-3-1)15-10-16(15)18-14-8-12-6-7-13(9-14)17-12/h1-5,12-18H,6-10H2/t12?,13?,14?,15-,16+/m1/s1. The van der Waals surface area contributed by atoms with E-state index < -0.39 is 0 Å². The van der Waals surface area contributed by atoms with Crippen molar-refractivity contribution < 1.29 is 0 Å². The molecule has 0 spiro atoms. The quantitative estimate of drug-likeness (QED) is 0.850. The highest BCUT2D eigenvalue weighted by atomic mass is 15.1. The van der Waals surface area contributed by atoms with Crippen LogP contribution in [0.2, 0.25) is 0 Å². The fourth-order valence-corrected chi connectivity index (χ4v) is 3.94. The van der Waals surface area contributed by atoms with Crippen molar-refractivity contribution in [3.8, 4) is 0 Å². The van der Waals surface area contributed by atoms with Gasteiger partial charge in [0.1, 0.15) is 0 Å². The zero-order valence-corrected chi connectivity index (χ0v) is 10.8. The largest absolute Gasteiger partial charge is 0.311 e. The molecule has 2 nitrogen and oxygen atoms in total. The van der Waals surface area contributed by atoms with E-state index in [0.717, 1.165) is 30.1 Å². The molecule has 1 aromatic carbocycles. The maximum atomic E-state index is 3.90.